The summed E-state index contributed by atoms with van der Waals surface area (Å²) in [4.78, 5) is 0.563. The zero-order valence-corrected chi connectivity index (χ0v) is 10.9. The average Bonchev–Trinajstić information content (AvgIpc) is 2.20. The molecule has 0 saturated heterocycles. The van der Waals surface area contributed by atoms with Gasteiger partial charge >= 0.3 is 0 Å². The van der Waals surface area contributed by atoms with Gasteiger partial charge in [-0.15, -0.1) is 0 Å². The highest BCUT2D eigenvalue weighted by Crippen LogP contribution is 2.07. The lowest BCUT2D eigenvalue weighted by Crippen LogP contribution is -2.21. The molecule has 3 heteroatoms. The van der Waals surface area contributed by atoms with Gasteiger partial charge in [0, 0.05) is 13.0 Å². The Morgan fingerprint density at radius 2 is 1.87 bits per heavy atom. The lowest BCUT2D eigenvalue weighted by atomic mass is 10.1. The first-order valence-electron chi connectivity index (χ1n) is 6.10. The SMILES string of the molecule is CCCCCCCOC(CC)CC(N)=S. The van der Waals surface area contributed by atoms with Crippen molar-refractivity contribution in [3.8, 4) is 0 Å². The fraction of sp³-hybridized carbons (Fsp3) is 0.917. The normalized spacial score (nSPS) is 12.7. The number of unbranched alkanes of at least 4 members (excludes halogenated alkanes) is 4. The fourth-order valence-corrected chi connectivity index (χ4v) is 1.69. The van der Waals surface area contributed by atoms with Crippen molar-refractivity contribution in [2.24, 2.45) is 5.73 Å². The second-order valence-corrected chi connectivity index (χ2v) is 4.51. The summed E-state index contributed by atoms with van der Waals surface area (Å²) in [6.45, 7) is 5.19. The number of thiocarbonyl (C=S) groups is 1. The van der Waals surface area contributed by atoms with E-state index in [0.717, 1.165) is 25.9 Å². The molecule has 0 bridgehead atoms. The molecule has 0 rings (SSSR count). The van der Waals surface area contributed by atoms with Gasteiger partial charge in [0.25, 0.3) is 0 Å². The minimum absolute atomic E-state index is 0.230. The first-order valence-corrected chi connectivity index (χ1v) is 6.51. The molecule has 0 spiro atoms. The predicted molar refractivity (Wildman–Crippen MR) is 70.2 cm³/mol. The largest absolute Gasteiger partial charge is 0.393 e. The highest BCUT2D eigenvalue weighted by molar-refractivity contribution is 7.80. The summed E-state index contributed by atoms with van der Waals surface area (Å²) < 4.78 is 5.71. The maximum atomic E-state index is 5.71. The molecule has 0 amide bonds. The van der Waals surface area contributed by atoms with Gasteiger partial charge in [0.15, 0.2) is 0 Å². The van der Waals surface area contributed by atoms with Gasteiger partial charge in [0.2, 0.25) is 0 Å². The van der Waals surface area contributed by atoms with E-state index >= 15 is 0 Å². The smallest absolute Gasteiger partial charge is 0.0753 e. The Bertz CT molecular complexity index is 162. The van der Waals surface area contributed by atoms with Crippen LogP contribution in [0, 0.1) is 0 Å². The molecule has 15 heavy (non-hydrogen) atoms. The summed E-state index contributed by atoms with van der Waals surface area (Å²) in [5.74, 6) is 0. The molecule has 0 aliphatic rings. The second kappa shape index (κ2) is 10.4. The number of nitrogens with two attached hydrogens (primary N) is 1. The van der Waals surface area contributed by atoms with Crippen molar-refractivity contribution in [1.29, 1.82) is 0 Å². The molecule has 2 N–H and O–H groups in total. The molecular weight excluding hydrogens is 206 g/mol. The van der Waals surface area contributed by atoms with Crippen LogP contribution in [0.15, 0.2) is 0 Å². The molecule has 90 valence electrons. The molecule has 0 aliphatic heterocycles. The molecule has 1 unspecified atom stereocenters. The van der Waals surface area contributed by atoms with Crippen LogP contribution in [0.2, 0.25) is 0 Å². The number of hydrogen-bond acceptors (Lipinski definition) is 2. The first kappa shape index (κ1) is 14.8. The summed E-state index contributed by atoms with van der Waals surface area (Å²) in [5, 5.41) is 0. The van der Waals surface area contributed by atoms with Crippen LogP contribution in [0.1, 0.15) is 58.8 Å². The maximum absolute atomic E-state index is 5.71. The van der Waals surface area contributed by atoms with Gasteiger partial charge in [0.05, 0.1) is 11.1 Å². The van der Waals surface area contributed by atoms with E-state index in [9.17, 15) is 0 Å². The molecule has 0 aromatic carbocycles. The summed E-state index contributed by atoms with van der Waals surface area (Å²) in [6.07, 6.45) is 8.34. The molecule has 0 fully saturated rings. The van der Waals surface area contributed by atoms with Gasteiger partial charge in [-0.25, -0.2) is 0 Å². The predicted octanol–water partition coefficient (Wildman–Crippen LogP) is 3.43. The number of ether oxygens (including phenoxy) is 1. The summed E-state index contributed by atoms with van der Waals surface area (Å²) in [6, 6.07) is 0. The highest BCUT2D eigenvalue weighted by Gasteiger charge is 2.07. The topological polar surface area (TPSA) is 35.2 Å². The third-order valence-electron chi connectivity index (χ3n) is 2.49. The number of hydrogen-bond donors (Lipinski definition) is 1. The van der Waals surface area contributed by atoms with Gasteiger partial charge in [-0.3, -0.25) is 0 Å². The van der Waals surface area contributed by atoms with Crippen LogP contribution in [0.3, 0.4) is 0 Å². The molecule has 1 atom stereocenters. The second-order valence-electron chi connectivity index (χ2n) is 3.99. The summed E-state index contributed by atoms with van der Waals surface area (Å²) >= 11 is 4.87. The Hall–Kier alpha value is -0.150. The minimum Gasteiger partial charge on any atom is -0.393 e. The van der Waals surface area contributed by atoms with E-state index in [1.165, 1.54) is 25.7 Å². The zero-order valence-electron chi connectivity index (χ0n) is 10.1. The van der Waals surface area contributed by atoms with Crippen molar-refractivity contribution >= 4 is 17.2 Å². The molecule has 0 radical (unpaired) electrons. The van der Waals surface area contributed by atoms with Gasteiger partial charge in [-0.2, -0.15) is 0 Å². The maximum Gasteiger partial charge on any atom is 0.0753 e. The summed E-state index contributed by atoms with van der Waals surface area (Å²) in [7, 11) is 0. The van der Waals surface area contributed by atoms with Gasteiger partial charge < -0.3 is 10.5 Å². The Morgan fingerprint density at radius 1 is 1.20 bits per heavy atom. The van der Waals surface area contributed by atoms with Gasteiger partial charge in [-0.1, -0.05) is 51.7 Å². The van der Waals surface area contributed by atoms with Crippen molar-refractivity contribution in [2.45, 2.75) is 64.9 Å². The van der Waals surface area contributed by atoms with Crippen LogP contribution in [-0.2, 0) is 4.74 Å². The van der Waals surface area contributed by atoms with E-state index in [4.69, 9.17) is 22.7 Å². The van der Waals surface area contributed by atoms with Crippen molar-refractivity contribution in [3.63, 3.8) is 0 Å². The van der Waals surface area contributed by atoms with Gasteiger partial charge in [-0.05, 0) is 12.8 Å². The number of rotatable bonds is 10. The Labute approximate surface area is 99.6 Å². The van der Waals surface area contributed by atoms with E-state index in [1.54, 1.807) is 0 Å². The standard InChI is InChI=1S/C12H25NOS/c1-3-5-6-7-8-9-14-11(4-2)10-12(13)15/h11H,3-10H2,1-2H3,(H2,13,15). The monoisotopic (exact) mass is 231 g/mol. The van der Waals surface area contributed by atoms with Crippen LogP contribution in [-0.4, -0.2) is 17.7 Å². The van der Waals surface area contributed by atoms with Crippen LogP contribution in [0.5, 0.6) is 0 Å². The quantitative estimate of drug-likeness (QED) is 0.462. The first-order chi connectivity index (χ1) is 7.20. The summed E-state index contributed by atoms with van der Waals surface area (Å²) in [5.41, 5.74) is 5.49. The average molecular weight is 231 g/mol. The lowest BCUT2D eigenvalue weighted by molar-refractivity contribution is 0.0532. The molecule has 0 aliphatic carbocycles. The minimum atomic E-state index is 0.230. The van der Waals surface area contributed by atoms with Gasteiger partial charge in [0.1, 0.15) is 0 Å². The third-order valence-corrected chi connectivity index (χ3v) is 2.65. The van der Waals surface area contributed by atoms with E-state index in [0.29, 0.717) is 4.99 Å². The molecule has 0 saturated carbocycles. The molecular formula is C12H25NOS. The molecule has 0 aromatic rings. The van der Waals surface area contributed by atoms with Crippen LogP contribution in [0.4, 0.5) is 0 Å². The van der Waals surface area contributed by atoms with E-state index in [1.807, 2.05) is 0 Å². The Kier molecular flexibility index (Phi) is 10.3. The third kappa shape index (κ3) is 10.1. The molecule has 0 heterocycles. The zero-order chi connectivity index (χ0) is 11.5. The Morgan fingerprint density at radius 3 is 2.40 bits per heavy atom. The van der Waals surface area contributed by atoms with E-state index < -0.39 is 0 Å². The fourth-order valence-electron chi connectivity index (χ4n) is 1.50. The highest BCUT2D eigenvalue weighted by atomic mass is 32.1. The van der Waals surface area contributed by atoms with Crippen LogP contribution >= 0.6 is 12.2 Å². The van der Waals surface area contributed by atoms with Crippen LogP contribution < -0.4 is 5.73 Å². The Balaban J connectivity index is 3.34. The van der Waals surface area contributed by atoms with Crippen molar-refractivity contribution in [2.75, 3.05) is 6.61 Å². The van der Waals surface area contributed by atoms with E-state index in [2.05, 4.69) is 13.8 Å². The van der Waals surface area contributed by atoms with E-state index in [-0.39, 0.29) is 6.10 Å². The molecule has 2 nitrogen and oxygen atoms in total. The van der Waals surface area contributed by atoms with Crippen molar-refractivity contribution in [1.82, 2.24) is 0 Å². The van der Waals surface area contributed by atoms with Crippen LogP contribution in [0.25, 0.3) is 0 Å². The molecule has 0 aromatic heterocycles. The van der Waals surface area contributed by atoms with Crippen molar-refractivity contribution in [3.05, 3.63) is 0 Å². The lowest BCUT2D eigenvalue weighted by Gasteiger charge is -2.15. The van der Waals surface area contributed by atoms with Crippen molar-refractivity contribution < 1.29 is 4.74 Å².